The molecule has 0 saturated carbocycles. The normalized spacial score (nSPS) is 11.0. The van der Waals surface area contributed by atoms with Crippen LogP contribution in [0.5, 0.6) is 5.75 Å². The van der Waals surface area contributed by atoms with E-state index in [1.807, 2.05) is 30.3 Å². The summed E-state index contributed by atoms with van der Waals surface area (Å²) in [6.45, 7) is 7.95. The summed E-state index contributed by atoms with van der Waals surface area (Å²) < 4.78 is 68.3. The molecule has 7 rings (SSSR count). The van der Waals surface area contributed by atoms with Gasteiger partial charge in [0.15, 0.2) is 17.5 Å². The summed E-state index contributed by atoms with van der Waals surface area (Å²) >= 11 is 0. The van der Waals surface area contributed by atoms with Gasteiger partial charge >= 0.3 is 6.09 Å². The van der Waals surface area contributed by atoms with Crippen LogP contribution >= 0.6 is 0 Å². The van der Waals surface area contributed by atoms with E-state index in [1.54, 1.807) is 97.9 Å². The van der Waals surface area contributed by atoms with Gasteiger partial charge in [0.05, 0.1) is 130 Å². The van der Waals surface area contributed by atoms with Gasteiger partial charge in [-0.3, -0.25) is 49.0 Å². The van der Waals surface area contributed by atoms with Crippen molar-refractivity contribution < 1.29 is 95.3 Å². The number of nitrogens with zero attached hydrogens (tertiary/aromatic N) is 8. The summed E-state index contributed by atoms with van der Waals surface area (Å²) in [7, 11) is 8.17. The standard InChI is InChI=1S/C70H95N17O20/c1-83-23-21-72-65(83)67(94)73-52-43-57(84(2)45-52)80-62(91)19-17-60(89)76-55-47-86(4)66(78-55)68(95)74-53-44-58(85(3)46-53)81-63(92)20-18-61(90)77-56-48-87(5)69(79-56)82-64(93)16-15-59(88)71-22-24-97-25-26-98-27-28-99-29-30-100-31-32-101-33-34-102-35-36-103-37-38-104-39-40-105-41-42-106-54-13-11-51(12-14-54)75-70(96)107-49-50-9-7-6-8-10-50/h6-14,21,23,43-48H,15-20,22,24-42,49H2,1-5H3,(H,71,88)(H,73,94)(H,74,95)(H,75,96)(H,76,89)(H,77,90)(H,80,91)(H,81,92)(H,79,82,93). The predicted molar refractivity (Wildman–Crippen MR) is 390 cm³/mol. The third-order valence-electron chi connectivity index (χ3n) is 14.9. The monoisotopic (exact) mass is 1490 g/mol. The molecule has 580 valence electrons. The number of hydrogen-bond acceptors (Lipinski definition) is 23. The van der Waals surface area contributed by atoms with Crippen LogP contribution in [0.15, 0.2) is 104 Å². The van der Waals surface area contributed by atoms with E-state index in [9.17, 15) is 43.2 Å². The van der Waals surface area contributed by atoms with Crippen molar-refractivity contribution in [2.24, 2.45) is 35.2 Å². The van der Waals surface area contributed by atoms with Gasteiger partial charge in [0.1, 0.15) is 30.6 Å². The molecule has 0 radical (unpaired) electrons. The molecular weight excluding hydrogens is 1400 g/mol. The van der Waals surface area contributed by atoms with Crippen LogP contribution in [0, 0.1) is 0 Å². The summed E-state index contributed by atoms with van der Waals surface area (Å²) in [5.74, 6) is -2.05. The number of carbonyl (C=O) groups excluding carboxylic acids is 9. The number of nitrogens with one attached hydrogen (secondary N) is 9. The molecule has 0 aliphatic carbocycles. The minimum atomic E-state index is -0.625. The first-order chi connectivity index (χ1) is 51.8. The number of benzene rings is 2. The molecule has 9 N–H and O–H groups in total. The molecule has 5 aromatic heterocycles. The van der Waals surface area contributed by atoms with Crippen molar-refractivity contribution in [2.45, 2.75) is 45.1 Å². The lowest BCUT2D eigenvalue weighted by Gasteiger charge is -2.10. The number of carbonyl (C=O) groups is 9. The number of rotatable bonds is 52. The van der Waals surface area contributed by atoms with Gasteiger partial charge in [-0.1, -0.05) is 30.3 Å². The number of anilines is 8. The Morgan fingerprint density at radius 2 is 0.794 bits per heavy atom. The summed E-state index contributed by atoms with van der Waals surface area (Å²) in [6, 6.07) is 19.5. The molecule has 0 saturated heterocycles. The summed E-state index contributed by atoms with van der Waals surface area (Å²) in [4.78, 5) is 127. The molecule has 7 aromatic rings. The van der Waals surface area contributed by atoms with Crippen LogP contribution in [0.2, 0.25) is 0 Å². The number of imidazole rings is 3. The highest BCUT2D eigenvalue weighted by Crippen LogP contribution is 2.22. The minimum absolute atomic E-state index is 0.0507. The summed E-state index contributed by atoms with van der Waals surface area (Å²) in [5.41, 5.74) is 2.24. The van der Waals surface area contributed by atoms with E-state index < -0.39 is 47.4 Å². The van der Waals surface area contributed by atoms with Crippen LogP contribution in [-0.2, 0) is 118 Å². The van der Waals surface area contributed by atoms with Crippen molar-refractivity contribution >= 4 is 99.6 Å². The Bertz CT molecular complexity index is 3930. The fraction of sp³-hybridized carbons (Fsp3) is 0.457. The first kappa shape index (κ1) is 83.4. The molecule has 0 aliphatic heterocycles. The minimum Gasteiger partial charge on any atom is -0.491 e. The van der Waals surface area contributed by atoms with E-state index in [4.69, 9.17) is 52.1 Å². The van der Waals surface area contributed by atoms with Gasteiger partial charge in [-0.05, 0) is 29.8 Å². The van der Waals surface area contributed by atoms with Crippen LogP contribution in [0.25, 0.3) is 0 Å². The number of ether oxygens (including phenoxy) is 11. The molecular formula is C70H95N17O20. The van der Waals surface area contributed by atoms with Crippen molar-refractivity contribution in [1.82, 2.24) is 43.1 Å². The van der Waals surface area contributed by atoms with Crippen LogP contribution in [0.3, 0.4) is 0 Å². The lowest BCUT2D eigenvalue weighted by atomic mass is 10.2. The van der Waals surface area contributed by atoms with E-state index in [-0.39, 0.29) is 93.4 Å². The van der Waals surface area contributed by atoms with Gasteiger partial charge in [-0.15, -0.1) is 0 Å². The Morgan fingerprint density at radius 3 is 1.27 bits per heavy atom. The highest BCUT2D eigenvalue weighted by molar-refractivity contribution is 6.04. The van der Waals surface area contributed by atoms with E-state index in [1.165, 1.54) is 33.8 Å². The van der Waals surface area contributed by atoms with Gasteiger partial charge in [-0.25, -0.2) is 14.8 Å². The van der Waals surface area contributed by atoms with Gasteiger partial charge in [0.25, 0.3) is 11.8 Å². The van der Waals surface area contributed by atoms with Crippen LogP contribution in [0.1, 0.15) is 65.3 Å². The average Bonchev–Trinajstić information content (AvgIpc) is 1.70. The van der Waals surface area contributed by atoms with Crippen molar-refractivity contribution in [3.05, 3.63) is 121 Å². The van der Waals surface area contributed by atoms with Crippen molar-refractivity contribution in [3.63, 3.8) is 0 Å². The Balaban J connectivity index is 0.597. The fourth-order valence-electron chi connectivity index (χ4n) is 9.49. The van der Waals surface area contributed by atoms with E-state index >= 15 is 0 Å². The second-order valence-corrected chi connectivity index (χ2v) is 23.5. The first-order valence-electron chi connectivity index (χ1n) is 34.5. The average molecular weight is 1490 g/mol. The second-order valence-electron chi connectivity index (χ2n) is 23.5. The van der Waals surface area contributed by atoms with Gasteiger partial charge in [0, 0.05) is 135 Å². The molecule has 107 heavy (non-hydrogen) atoms. The molecule has 9 amide bonds. The number of hydrogen-bond donors (Lipinski definition) is 9. The Kier molecular flexibility index (Phi) is 36.5. The SMILES string of the molecule is Cn1cc(NC(=O)c2nc(NC(=O)CCC(=O)Nc3cc(NC(=O)c4nccn4C)cn3C)cn2C)cc1NC(=O)CCC(=O)Nc1cn(C)c(NC(=O)CCC(=O)NCCOCCOCCOCCOCCOCCOCCOCCOCCOCCOc2ccc(NC(=O)OCc3ccccc3)cc2)n1. The number of aromatic nitrogens is 8. The maximum Gasteiger partial charge on any atom is 0.411 e. The second kappa shape index (κ2) is 46.8. The van der Waals surface area contributed by atoms with E-state index in [0.29, 0.717) is 153 Å². The Labute approximate surface area is 617 Å². The molecule has 0 aliphatic rings. The third kappa shape index (κ3) is 32.6. The summed E-state index contributed by atoms with van der Waals surface area (Å²) in [6.07, 6.45) is 7.65. The van der Waals surface area contributed by atoms with Crippen LogP contribution < -0.4 is 52.6 Å². The smallest absolute Gasteiger partial charge is 0.411 e. The topological polar surface area (TPSA) is 427 Å². The summed E-state index contributed by atoms with van der Waals surface area (Å²) in [5, 5.41) is 24.0. The zero-order valence-corrected chi connectivity index (χ0v) is 60.6. The largest absolute Gasteiger partial charge is 0.491 e. The molecule has 2 aromatic carbocycles. The zero-order chi connectivity index (χ0) is 76.4. The van der Waals surface area contributed by atoms with Crippen molar-refractivity contribution in [2.75, 3.05) is 175 Å². The Hall–Kier alpha value is -10.9. The maximum atomic E-state index is 13.3. The van der Waals surface area contributed by atoms with E-state index in [2.05, 4.69) is 62.8 Å². The Morgan fingerprint density at radius 1 is 0.374 bits per heavy atom. The van der Waals surface area contributed by atoms with E-state index in [0.717, 1.165) is 5.56 Å². The highest BCUT2D eigenvalue weighted by Gasteiger charge is 2.21. The van der Waals surface area contributed by atoms with Crippen LogP contribution in [0.4, 0.5) is 51.1 Å². The molecule has 0 fully saturated rings. The molecule has 37 heteroatoms. The molecule has 0 bridgehead atoms. The van der Waals surface area contributed by atoms with Crippen molar-refractivity contribution in [1.29, 1.82) is 0 Å². The lowest BCUT2D eigenvalue weighted by Crippen LogP contribution is -2.28. The number of aryl methyl sites for hydroxylation is 5. The molecule has 0 spiro atoms. The quantitative estimate of drug-likeness (QED) is 0.0235. The maximum absolute atomic E-state index is 13.3. The predicted octanol–water partition coefficient (Wildman–Crippen LogP) is 4.60. The zero-order valence-electron chi connectivity index (χ0n) is 60.6. The number of amides is 9. The fourth-order valence-corrected chi connectivity index (χ4v) is 9.49. The van der Waals surface area contributed by atoms with Gasteiger partial charge < -0.3 is 112 Å². The van der Waals surface area contributed by atoms with Gasteiger partial charge in [0.2, 0.25) is 47.2 Å². The lowest BCUT2D eigenvalue weighted by molar-refractivity contribution is -0.124. The highest BCUT2D eigenvalue weighted by atomic mass is 16.6. The van der Waals surface area contributed by atoms with Crippen LogP contribution in [-0.4, -0.2) is 223 Å². The van der Waals surface area contributed by atoms with Crippen molar-refractivity contribution in [3.8, 4) is 5.75 Å². The molecule has 5 heterocycles. The molecule has 0 atom stereocenters. The third-order valence-corrected chi connectivity index (χ3v) is 14.9. The molecule has 37 nitrogen and oxygen atoms in total. The molecule has 0 unspecified atom stereocenters. The van der Waals surface area contributed by atoms with Gasteiger partial charge in [-0.2, -0.15) is 4.98 Å². The first-order valence-corrected chi connectivity index (χ1v) is 34.5.